The van der Waals surface area contributed by atoms with Gasteiger partial charge in [0.05, 0.1) is 0 Å². The molecular weight excluding hydrogens is 514 g/mol. The highest BCUT2D eigenvalue weighted by Crippen LogP contribution is 2.29. The number of carbonyl (C=O) groups is 3. The molecule has 7 heteroatoms. The average Bonchev–Trinajstić information content (AvgIpc) is 2.86. The second kappa shape index (κ2) is 13.2. The summed E-state index contributed by atoms with van der Waals surface area (Å²) in [6, 6.07) is 17.4. The first-order chi connectivity index (χ1) is 19.2. The van der Waals surface area contributed by atoms with Crippen LogP contribution in [-0.4, -0.2) is 40.5 Å². The number of ether oxygens (including phenoxy) is 1. The Morgan fingerprint density at radius 2 is 1.51 bits per heavy atom. The summed E-state index contributed by atoms with van der Waals surface area (Å²) in [5, 5.41) is 7.93. The number of nitrogens with zero attached hydrogens (tertiary/aromatic N) is 1. The fourth-order valence-corrected chi connectivity index (χ4v) is 4.85. The van der Waals surface area contributed by atoms with Gasteiger partial charge in [-0.2, -0.15) is 0 Å². The van der Waals surface area contributed by atoms with Crippen molar-refractivity contribution in [3.63, 3.8) is 0 Å². The average molecular weight is 560 g/mol. The van der Waals surface area contributed by atoms with E-state index >= 15 is 0 Å². The molecule has 0 aromatic heterocycles. The summed E-state index contributed by atoms with van der Waals surface area (Å²) in [5.41, 5.74) is 2.75. The second-order valence-corrected chi connectivity index (χ2v) is 12.5. The SMILES string of the molecule is Cc1ccc(C(C(=O)Nc2ccc3ccccc3c2)N(C(=O)C(CC(C)C)NC(=O)OC(C)(C)C)C(C)C)cc1C. The van der Waals surface area contributed by atoms with Gasteiger partial charge in [0, 0.05) is 11.7 Å². The Balaban J connectivity index is 2.04. The summed E-state index contributed by atoms with van der Waals surface area (Å²) in [6.45, 7) is 17.1. The Morgan fingerprint density at radius 3 is 2.10 bits per heavy atom. The number of aryl methyl sites for hydroxylation is 2. The molecule has 0 fully saturated rings. The second-order valence-electron chi connectivity index (χ2n) is 12.5. The number of hydrogen-bond donors (Lipinski definition) is 2. The van der Waals surface area contributed by atoms with Crippen LogP contribution in [0.2, 0.25) is 0 Å². The largest absolute Gasteiger partial charge is 0.444 e. The van der Waals surface area contributed by atoms with Crippen molar-refractivity contribution < 1.29 is 19.1 Å². The third-order valence-corrected chi connectivity index (χ3v) is 6.90. The molecule has 3 aromatic rings. The summed E-state index contributed by atoms with van der Waals surface area (Å²) in [5.74, 6) is -0.554. The molecule has 0 bridgehead atoms. The summed E-state index contributed by atoms with van der Waals surface area (Å²) >= 11 is 0. The molecule has 2 unspecified atom stereocenters. The number of carbonyl (C=O) groups excluding carboxylic acids is 3. The van der Waals surface area contributed by atoms with E-state index in [1.54, 1.807) is 25.7 Å². The van der Waals surface area contributed by atoms with Crippen LogP contribution in [0.15, 0.2) is 60.7 Å². The van der Waals surface area contributed by atoms with Gasteiger partial charge in [-0.3, -0.25) is 9.59 Å². The highest BCUT2D eigenvalue weighted by atomic mass is 16.6. The number of hydrogen-bond acceptors (Lipinski definition) is 4. The van der Waals surface area contributed by atoms with Crippen molar-refractivity contribution >= 4 is 34.4 Å². The number of benzene rings is 3. The molecule has 0 spiro atoms. The number of amides is 3. The molecule has 0 radical (unpaired) electrons. The molecule has 3 amide bonds. The monoisotopic (exact) mass is 559 g/mol. The topological polar surface area (TPSA) is 87.7 Å². The van der Waals surface area contributed by atoms with Gasteiger partial charge < -0.3 is 20.3 Å². The molecule has 0 heterocycles. The number of rotatable bonds is 9. The van der Waals surface area contributed by atoms with Crippen LogP contribution in [0.25, 0.3) is 10.8 Å². The van der Waals surface area contributed by atoms with Gasteiger partial charge in [0.1, 0.15) is 17.7 Å². The lowest BCUT2D eigenvalue weighted by molar-refractivity contribution is -0.143. The Hall–Kier alpha value is -3.87. The van der Waals surface area contributed by atoms with E-state index in [0.717, 1.165) is 21.9 Å². The maximum atomic E-state index is 14.3. The number of nitrogens with one attached hydrogen (secondary N) is 2. The van der Waals surface area contributed by atoms with Gasteiger partial charge in [0.15, 0.2) is 0 Å². The number of alkyl carbamates (subject to hydrolysis) is 1. The fraction of sp³-hybridized carbons (Fsp3) is 0.441. The Morgan fingerprint density at radius 1 is 0.854 bits per heavy atom. The Labute approximate surface area is 244 Å². The molecule has 3 rings (SSSR count). The van der Waals surface area contributed by atoms with Gasteiger partial charge in [-0.1, -0.05) is 62.4 Å². The summed E-state index contributed by atoms with van der Waals surface area (Å²) in [7, 11) is 0. The lowest BCUT2D eigenvalue weighted by Crippen LogP contribution is -2.54. The van der Waals surface area contributed by atoms with Crippen LogP contribution in [-0.2, 0) is 14.3 Å². The first-order valence-electron chi connectivity index (χ1n) is 14.3. The molecule has 0 aliphatic carbocycles. The summed E-state index contributed by atoms with van der Waals surface area (Å²) in [6.07, 6.45) is -0.267. The quantitative estimate of drug-likeness (QED) is 0.288. The first kappa shape index (κ1) is 31.7. The minimum absolute atomic E-state index is 0.111. The minimum Gasteiger partial charge on any atom is -0.444 e. The van der Waals surface area contributed by atoms with E-state index in [2.05, 4.69) is 10.6 Å². The molecule has 41 heavy (non-hydrogen) atoms. The highest BCUT2D eigenvalue weighted by Gasteiger charge is 2.38. The van der Waals surface area contributed by atoms with Crippen molar-refractivity contribution in [3.05, 3.63) is 77.4 Å². The summed E-state index contributed by atoms with van der Waals surface area (Å²) in [4.78, 5) is 42.8. The Bertz CT molecular complexity index is 1390. The highest BCUT2D eigenvalue weighted by molar-refractivity contribution is 6.00. The standard InChI is InChI=1S/C34H45N3O4/c1-21(2)18-29(36-33(40)41-34(7,8)9)32(39)37(22(3)4)30(27-15-14-23(5)24(6)19-27)31(38)35-28-17-16-25-12-10-11-13-26(25)20-28/h10-17,19-22,29-30H,18H2,1-9H3,(H,35,38)(H,36,40). The molecule has 7 nitrogen and oxygen atoms in total. The van der Waals surface area contributed by atoms with Crippen molar-refractivity contribution in [1.29, 1.82) is 0 Å². The van der Waals surface area contributed by atoms with E-state index in [4.69, 9.17) is 4.74 Å². The molecule has 2 N–H and O–H groups in total. The van der Waals surface area contributed by atoms with Gasteiger partial charge in [0.25, 0.3) is 5.91 Å². The van der Waals surface area contributed by atoms with Crippen LogP contribution in [0.1, 0.15) is 77.6 Å². The predicted octanol–water partition coefficient (Wildman–Crippen LogP) is 7.31. The number of anilines is 1. The zero-order valence-electron chi connectivity index (χ0n) is 25.9. The van der Waals surface area contributed by atoms with Gasteiger partial charge >= 0.3 is 6.09 Å². The minimum atomic E-state index is -0.927. The van der Waals surface area contributed by atoms with Crippen molar-refractivity contribution in [2.45, 2.75) is 92.5 Å². The zero-order valence-corrected chi connectivity index (χ0v) is 25.9. The van der Waals surface area contributed by atoms with Gasteiger partial charge in [-0.15, -0.1) is 0 Å². The third-order valence-electron chi connectivity index (χ3n) is 6.90. The molecule has 0 saturated heterocycles. The van der Waals surface area contributed by atoms with Gasteiger partial charge in [-0.05, 0) is 100 Å². The van der Waals surface area contributed by atoms with Gasteiger partial charge in [-0.25, -0.2) is 4.79 Å². The van der Waals surface area contributed by atoms with E-state index in [1.165, 1.54) is 0 Å². The zero-order chi connectivity index (χ0) is 30.5. The molecule has 3 aromatic carbocycles. The lowest BCUT2D eigenvalue weighted by atomic mass is 9.95. The van der Waals surface area contributed by atoms with Crippen LogP contribution < -0.4 is 10.6 Å². The summed E-state index contributed by atoms with van der Waals surface area (Å²) < 4.78 is 5.48. The first-order valence-corrected chi connectivity index (χ1v) is 14.3. The molecular formula is C34H45N3O4. The van der Waals surface area contributed by atoms with E-state index < -0.39 is 23.8 Å². The predicted molar refractivity (Wildman–Crippen MR) is 166 cm³/mol. The molecule has 0 aliphatic rings. The van der Waals surface area contributed by atoms with E-state index in [9.17, 15) is 14.4 Å². The van der Waals surface area contributed by atoms with Crippen LogP contribution in [0, 0.1) is 19.8 Å². The van der Waals surface area contributed by atoms with Crippen LogP contribution in [0.5, 0.6) is 0 Å². The van der Waals surface area contributed by atoms with Crippen LogP contribution in [0.4, 0.5) is 10.5 Å². The van der Waals surface area contributed by atoms with E-state index in [0.29, 0.717) is 17.7 Å². The van der Waals surface area contributed by atoms with E-state index in [1.807, 2.05) is 102 Å². The number of fused-ring (bicyclic) bond motifs is 1. The van der Waals surface area contributed by atoms with Crippen molar-refractivity contribution in [3.8, 4) is 0 Å². The van der Waals surface area contributed by atoms with Crippen molar-refractivity contribution in [2.24, 2.45) is 5.92 Å². The van der Waals surface area contributed by atoms with Crippen molar-refractivity contribution in [1.82, 2.24) is 10.2 Å². The van der Waals surface area contributed by atoms with Crippen LogP contribution in [0.3, 0.4) is 0 Å². The smallest absolute Gasteiger partial charge is 0.408 e. The van der Waals surface area contributed by atoms with Crippen LogP contribution >= 0.6 is 0 Å². The van der Waals surface area contributed by atoms with Crippen molar-refractivity contribution in [2.75, 3.05) is 5.32 Å². The maximum absolute atomic E-state index is 14.3. The molecule has 0 aliphatic heterocycles. The maximum Gasteiger partial charge on any atom is 0.408 e. The van der Waals surface area contributed by atoms with E-state index in [-0.39, 0.29) is 23.8 Å². The molecule has 0 saturated carbocycles. The molecule has 220 valence electrons. The normalized spacial score (nSPS) is 13.1. The third kappa shape index (κ3) is 8.56. The molecule has 2 atom stereocenters. The van der Waals surface area contributed by atoms with Gasteiger partial charge in [0.2, 0.25) is 5.91 Å². The fourth-order valence-electron chi connectivity index (χ4n) is 4.85. The lowest BCUT2D eigenvalue weighted by Gasteiger charge is -2.37. The Kier molecular flexibility index (Phi) is 10.2.